The van der Waals surface area contributed by atoms with Crippen LogP contribution >= 0.6 is 0 Å². The number of anilines is 1. The normalized spacial score (nSPS) is 12.8. The number of aromatic nitrogens is 2. The Kier molecular flexibility index (Phi) is 6.49. The molecular formula is C25H25FN4O3S. The summed E-state index contributed by atoms with van der Waals surface area (Å²) in [6.45, 7) is 3.90. The van der Waals surface area contributed by atoms with Gasteiger partial charge in [-0.3, -0.25) is 9.36 Å². The van der Waals surface area contributed by atoms with Crippen molar-refractivity contribution in [2.24, 2.45) is 5.92 Å². The molecule has 0 radical (unpaired) electrons. The molecule has 0 aliphatic carbocycles. The molecule has 1 heterocycles. The number of nitrogens with zero attached hydrogens (tertiary/aromatic N) is 2. The van der Waals surface area contributed by atoms with Crippen LogP contribution in [0.5, 0.6) is 0 Å². The summed E-state index contributed by atoms with van der Waals surface area (Å²) in [6.07, 6.45) is 0.375. The minimum atomic E-state index is -3.96. The Labute approximate surface area is 197 Å². The summed E-state index contributed by atoms with van der Waals surface area (Å²) in [4.78, 5) is 18.3. The number of nitrogens with two attached hydrogens (primary N) is 1. The van der Waals surface area contributed by atoms with Crippen LogP contribution in [0.15, 0.2) is 82.5 Å². The highest BCUT2D eigenvalue weighted by Crippen LogP contribution is 2.26. The maximum Gasteiger partial charge on any atom is 0.266 e. The largest absolute Gasteiger partial charge is 0.399 e. The van der Waals surface area contributed by atoms with Gasteiger partial charge in [-0.15, -0.1) is 0 Å². The monoisotopic (exact) mass is 480 g/mol. The summed E-state index contributed by atoms with van der Waals surface area (Å²) >= 11 is 0. The van der Waals surface area contributed by atoms with Crippen molar-refractivity contribution in [3.05, 3.63) is 94.8 Å². The molecule has 3 N–H and O–H groups in total. The van der Waals surface area contributed by atoms with E-state index in [9.17, 15) is 17.6 Å². The highest BCUT2D eigenvalue weighted by atomic mass is 32.2. The molecule has 1 aromatic heterocycles. The van der Waals surface area contributed by atoms with E-state index in [1.54, 1.807) is 24.3 Å². The summed E-state index contributed by atoms with van der Waals surface area (Å²) in [5.74, 6) is -0.151. The van der Waals surface area contributed by atoms with Crippen molar-refractivity contribution >= 4 is 26.6 Å². The molecule has 0 spiro atoms. The molecule has 0 saturated carbocycles. The Balaban J connectivity index is 1.92. The van der Waals surface area contributed by atoms with Crippen LogP contribution in [0.1, 0.15) is 32.1 Å². The predicted molar refractivity (Wildman–Crippen MR) is 131 cm³/mol. The fraction of sp³-hybridized carbons (Fsp3) is 0.200. The van der Waals surface area contributed by atoms with Gasteiger partial charge in [0.05, 0.1) is 27.5 Å². The van der Waals surface area contributed by atoms with Crippen molar-refractivity contribution < 1.29 is 12.8 Å². The molecule has 0 aliphatic heterocycles. The summed E-state index contributed by atoms with van der Waals surface area (Å²) in [5, 5.41) is 0.375. The van der Waals surface area contributed by atoms with E-state index in [1.165, 1.54) is 53.1 Å². The van der Waals surface area contributed by atoms with E-state index in [0.29, 0.717) is 28.7 Å². The molecule has 4 aromatic rings. The Bertz CT molecular complexity index is 1480. The Morgan fingerprint density at radius 3 is 2.29 bits per heavy atom. The molecule has 0 bridgehead atoms. The van der Waals surface area contributed by atoms with Gasteiger partial charge in [-0.25, -0.2) is 22.5 Å². The Morgan fingerprint density at radius 1 is 1.00 bits per heavy atom. The van der Waals surface area contributed by atoms with Crippen LogP contribution in [0.25, 0.3) is 16.6 Å². The van der Waals surface area contributed by atoms with Crippen molar-refractivity contribution in [2.45, 2.75) is 31.2 Å². The lowest BCUT2D eigenvalue weighted by Crippen LogP contribution is -2.35. The molecule has 1 atom stereocenters. The molecule has 0 fully saturated rings. The molecule has 9 heteroatoms. The minimum Gasteiger partial charge on any atom is -0.399 e. The third kappa shape index (κ3) is 4.85. The van der Waals surface area contributed by atoms with Gasteiger partial charge in [0.1, 0.15) is 11.6 Å². The van der Waals surface area contributed by atoms with Crippen LogP contribution < -0.4 is 16.0 Å². The molecule has 0 saturated heterocycles. The Hall–Kier alpha value is -3.56. The summed E-state index contributed by atoms with van der Waals surface area (Å²) in [7, 11) is -3.96. The lowest BCUT2D eigenvalue weighted by molar-refractivity contribution is 0.450. The zero-order valence-corrected chi connectivity index (χ0v) is 19.6. The van der Waals surface area contributed by atoms with Gasteiger partial charge in [-0.1, -0.05) is 26.0 Å². The first-order valence-corrected chi connectivity index (χ1v) is 12.3. The Morgan fingerprint density at radius 2 is 1.65 bits per heavy atom. The molecule has 34 heavy (non-hydrogen) atoms. The van der Waals surface area contributed by atoms with Gasteiger partial charge in [0.25, 0.3) is 5.56 Å². The number of para-hydroxylation sites is 1. The molecule has 3 aromatic carbocycles. The van der Waals surface area contributed by atoms with Crippen molar-refractivity contribution in [1.82, 2.24) is 14.3 Å². The fourth-order valence-electron chi connectivity index (χ4n) is 3.80. The number of benzene rings is 3. The highest BCUT2D eigenvalue weighted by molar-refractivity contribution is 7.89. The van der Waals surface area contributed by atoms with Gasteiger partial charge >= 0.3 is 0 Å². The summed E-state index contributed by atoms with van der Waals surface area (Å²) in [5.41, 5.74) is 6.61. The molecule has 7 nitrogen and oxygen atoms in total. The first-order valence-electron chi connectivity index (χ1n) is 10.8. The lowest BCUT2D eigenvalue weighted by atomic mass is 10.0. The quantitative estimate of drug-likeness (QED) is 0.386. The van der Waals surface area contributed by atoms with E-state index in [2.05, 4.69) is 4.72 Å². The van der Waals surface area contributed by atoms with Gasteiger partial charge in [0.2, 0.25) is 10.0 Å². The van der Waals surface area contributed by atoms with Crippen molar-refractivity contribution in [2.75, 3.05) is 5.73 Å². The van der Waals surface area contributed by atoms with E-state index < -0.39 is 21.9 Å². The number of nitrogens with one attached hydrogen (secondary N) is 1. The number of rotatable bonds is 7. The second kappa shape index (κ2) is 9.36. The van der Waals surface area contributed by atoms with Gasteiger partial charge < -0.3 is 5.73 Å². The smallest absolute Gasteiger partial charge is 0.266 e. The standard InChI is InChI=1S/C25H25FN4O3S/c1-16(2)15-23(29-34(32,33)20-13-9-18(27)10-14-20)24-28-22-6-4-3-5-21(22)25(31)30(24)19-11-7-17(26)8-12-19/h3-14,16,23,29H,15,27H2,1-2H3. The first kappa shape index (κ1) is 23.6. The average molecular weight is 481 g/mol. The number of fused-ring (bicyclic) bond motifs is 1. The lowest BCUT2D eigenvalue weighted by Gasteiger charge is -2.24. The SMILES string of the molecule is CC(C)CC(NS(=O)(=O)c1ccc(N)cc1)c1nc2ccccc2c(=O)n1-c1ccc(F)cc1. The van der Waals surface area contributed by atoms with Crippen LogP contribution in [-0.4, -0.2) is 18.0 Å². The first-order chi connectivity index (χ1) is 16.2. The molecule has 176 valence electrons. The zero-order chi connectivity index (χ0) is 24.5. The zero-order valence-electron chi connectivity index (χ0n) is 18.8. The van der Waals surface area contributed by atoms with Crippen molar-refractivity contribution in [3.63, 3.8) is 0 Å². The van der Waals surface area contributed by atoms with E-state index in [4.69, 9.17) is 10.7 Å². The van der Waals surface area contributed by atoms with E-state index in [-0.39, 0.29) is 22.2 Å². The van der Waals surface area contributed by atoms with Gasteiger partial charge in [-0.2, -0.15) is 0 Å². The maximum absolute atomic E-state index is 13.6. The topological polar surface area (TPSA) is 107 Å². The van der Waals surface area contributed by atoms with Crippen LogP contribution in [0, 0.1) is 11.7 Å². The third-order valence-electron chi connectivity index (χ3n) is 5.39. The molecule has 1 unspecified atom stereocenters. The predicted octanol–water partition coefficient (Wildman–Crippen LogP) is 4.17. The van der Waals surface area contributed by atoms with Crippen molar-refractivity contribution in [3.8, 4) is 5.69 Å². The van der Waals surface area contributed by atoms with Crippen LogP contribution in [-0.2, 0) is 10.0 Å². The van der Waals surface area contributed by atoms with Gasteiger partial charge in [0.15, 0.2) is 0 Å². The van der Waals surface area contributed by atoms with E-state index >= 15 is 0 Å². The number of hydrogen-bond acceptors (Lipinski definition) is 5. The van der Waals surface area contributed by atoms with Crippen LogP contribution in [0.2, 0.25) is 0 Å². The van der Waals surface area contributed by atoms with Crippen LogP contribution in [0.4, 0.5) is 10.1 Å². The highest BCUT2D eigenvalue weighted by Gasteiger charge is 2.27. The maximum atomic E-state index is 13.6. The number of halogens is 1. The minimum absolute atomic E-state index is 0.0481. The molecule has 0 aliphatic rings. The van der Waals surface area contributed by atoms with E-state index in [0.717, 1.165) is 0 Å². The summed E-state index contributed by atoms with van der Waals surface area (Å²) < 4.78 is 44.2. The summed E-state index contributed by atoms with van der Waals surface area (Å²) in [6, 6.07) is 17.3. The van der Waals surface area contributed by atoms with Gasteiger partial charge in [0, 0.05) is 5.69 Å². The molecule has 4 rings (SSSR count). The second-order valence-electron chi connectivity index (χ2n) is 8.48. The third-order valence-corrected chi connectivity index (χ3v) is 6.88. The van der Waals surface area contributed by atoms with Gasteiger partial charge in [-0.05, 0) is 73.0 Å². The van der Waals surface area contributed by atoms with Crippen LogP contribution in [0.3, 0.4) is 0 Å². The molecular weight excluding hydrogens is 455 g/mol. The number of hydrogen-bond donors (Lipinski definition) is 2. The number of sulfonamides is 1. The van der Waals surface area contributed by atoms with Crippen molar-refractivity contribution in [1.29, 1.82) is 0 Å². The van der Waals surface area contributed by atoms with E-state index in [1.807, 2.05) is 13.8 Å². The molecule has 0 amide bonds. The number of nitrogen functional groups attached to an aromatic ring is 1. The second-order valence-corrected chi connectivity index (χ2v) is 10.2. The fourth-order valence-corrected chi connectivity index (χ4v) is 5.01. The average Bonchev–Trinajstić information content (AvgIpc) is 2.79.